The van der Waals surface area contributed by atoms with E-state index in [0.717, 1.165) is 5.69 Å². The molecule has 5 nitrogen and oxygen atoms in total. The zero-order valence-electron chi connectivity index (χ0n) is 14.2. The number of ether oxygens (including phenoxy) is 1. The summed E-state index contributed by atoms with van der Waals surface area (Å²) in [5, 5.41) is 14.8. The van der Waals surface area contributed by atoms with Crippen molar-refractivity contribution in [3.05, 3.63) is 29.8 Å². The van der Waals surface area contributed by atoms with E-state index in [1.165, 1.54) is 5.56 Å². The van der Waals surface area contributed by atoms with E-state index in [1.54, 1.807) is 7.11 Å². The number of anilines is 1. The average molecular weight is 308 g/mol. The Balaban J connectivity index is 2.68. The summed E-state index contributed by atoms with van der Waals surface area (Å²) in [5.74, 6) is 0. The molecule has 3 N–H and O–H groups in total. The van der Waals surface area contributed by atoms with Gasteiger partial charge in [0.05, 0.1) is 12.1 Å². The molecule has 0 heterocycles. The highest BCUT2D eigenvalue weighted by atomic mass is 16.5. The molecule has 0 saturated carbocycles. The van der Waals surface area contributed by atoms with Gasteiger partial charge in [0.1, 0.15) is 0 Å². The van der Waals surface area contributed by atoms with Gasteiger partial charge in [-0.3, -0.25) is 0 Å². The van der Waals surface area contributed by atoms with Crippen molar-refractivity contribution in [3.63, 3.8) is 0 Å². The van der Waals surface area contributed by atoms with Crippen LogP contribution in [0.15, 0.2) is 24.3 Å². The Kier molecular flexibility index (Phi) is 6.38. The highest BCUT2D eigenvalue weighted by Crippen LogP contribution is 2.23. The molecule has 1 aromatic carbocycles. The molecule has 0 aliphatic heterocycles. The minimum absolute atomic E-state index is 0.0135. The van der Waals surface area contributed by atoms with Gasteiger partial charge in [-0.25, -0.2) is 4.79 Å². The summed E-state index contributed by atoms with van der Waals surface area (Å²) in [6, 6.07) is 7.49. The Labute approximate surface area is 133 Å². The molecular formula is C17H28N2O3. The SMILES string of the molecule is COCC(C)(CCO)NC(=O)Nc1ccc(C(C)(C)C)cc1. The molecule has 2 amide bonds. The van der Waals surface area contributed by atoms with Crippen LogP contribution < -0.4 is 10.6 Å². The lowest BCUT2D eigenvalue weighted by atomic mass is 9.87. The van der Waals surface area contributed by atoms with E-state index in [-0.39, 0.29) is 18.1 Å². The molecule has 0 aliphatic rings. The Bertz CT molecular complexity index is 472. The Hall–Kier alpha value is -1.59. The molecule has 1 unspecified atom stereocenters. The first-order chi connectivity index (χ1) is 10.2. The van der Waals surface area contributed by atoms with Crippen LogP contribution in [0.5, 0.6) is 0 Å². The number of hydrogen-bond donors (Lipinski definition) is 3. The first-order valence-corrected chi connectivity index (χ1v) is 7.50. The standard InChI is InChI=1S/C17H28N2O3/c1-16(2,3)13-6-8-14(9-7-13)18-15(21)19-17(4,10-11-20)12-22-5/h6-9,20H,10-12H2,1-5H3,(H2,18,19,21). The molecule has 124 valence electrons. The number of urea groups is 1. The fourth-order valence-electron chi connectivity index (χ4n) is 2.23. The fourth-order valence-corrected chi connectivity index (χ4v) is 2.23. The third-order valence-electron chi connectivity index (χ3n) is 3.55. The summed E-state index contributed by atoms with van der Waals surface area (Å²) in [5.41, 5.74) is 1.43. The molecule has 22 heavy (non-hydrogen) atoms. The van der Waals surface area contributed by atoms with Gasteiger partial charge < -0.3 is 20.5 Å². The Morgan fingerprint density at radius 2 is 1.77 bits per heavy atom. The topological polar surface area (TPSA) is 70.6 Å². The maximum Gasteiger partial charge on any atom is 0.319 e. The number of carbonyl (C=O) groups excluding carboxylic acids is 1. The second-order valence-corrected chi connectivity index (χ2v) is 6.87. The van der Waals surface area contributed by atoms with Crippen molar-refractivity contribution < 1.29 is 14.6 Å². The number of hydrogen-bond acceptors (Lipinski definition) is 3. The van der Waals surface area contributed by atoms with Crippen LogP contribution in [-0.4, -0.2) is 37.0 Å². The van der Waals surface area contributed by atoms with Crippen LogP contribution in [0, 0.1) is 0 Å². The molecule has 5 heteroatoms. The van der Waals surface area contributed by atoms with Gasteiger partial charge in [-0.05, 0) is 36.5 Å². The van der Waals surface area contributed by atoms with Crippen LogP contribution in [0.4, 0.5) is 10.5 Å². The van der Waals surface area contributed by atoms with Gasteiger partial charge in [0, 0.05) is 19.4 Å². The molecule has 0 radical (unpaired) electrons. The van der Waals surface area contributed by atoms with Crippen LogP contribution in [0.2, 0.25) is 0 Å². The smallest absolute Gasteiger partial charge is 0.319 e. The number of amides is 2. The molecule has 0 aromatic heterocycles. The molecule has 0 aliphatic carbocycles. The van der Waals surface area contributed by atoms with E-state index >= 15 is 0 Å². The van der Waals surface area contributed by atoms with Crippen LogP contribution in [0.3, 0.4) is 0 Å². The van der Waals surface area contributed by atoms with Gasteiger partial charge in [0.15, 0.2) is 0 Å². The summed E-state index contributed by atoms with van der Waals surface area (Å²) in [7, 11) is 1.57. The first kappa shape index (κ1) is 18.5. The minimum atomic E-state index is -0.598. The third kappa shape index (κ3) is 5.66. The van der Waals surface area contributed by atoms with Gasteiger partial charge in [-0.1, -0.05) is 32.9 Å². The number of aliphatic hydroxyl groups is 1. The summed E-state index contributed by atoms with van der Waals surface area (Å²) in [6.07, 6.45) is 0.428. The van der Waals surface area contributed by atoms with Crippen molar-refractivity contribution in [2.75, 3.05) is 25.6 Å². The van der Waals surface area contributed by atoms with Crippen LogP contribution >= 0.6 is 0 Å². The van der Waals surface area contributed by atoms with Crippen LogP contribution in [0.25, 0.3) is 0 Å². The summed E-state index contributed by atoms with van der Waals surface area (Å²) in [6.45, 7) is 8.60. The van der Waals surface area contributed by atoms with Crippen LogP contribution in [0.1, 0.15) is 39.7 Å². The first-order valence-electron chi connectivity index (χ1n) is 7.50. The predicted octanol–water partition coefficient (Wildman–Crippen LogP) is 2.89. The lowest BCUT2D eigenvalue weighted by Crippen LogP contribution is -2.51. The lowest BCUT2D eigenvalue weighted by molar-refractivity contribution is 0.104. The van der Waals surface area contributed by atoms with E-state index in [2.05, 4.69) is 31.4 Å². The normalized spacial score (nSPS) is 14.3. The van der Waals surface area contributed by atoms with Crippen molar-refractivity contribution in [2.45, 2.75) is 45.1 Å². The molecule has 0 spiro atoms. The van der Waals surface area contributed by atoms with Crippen molar-refractivity contribution in [2.24, 2.45) is 0 Å². The highest BCUT2D eigenvalue weighted by molar-refractivity contribution is 5.89. The average Bonchev–Trinajstić information content (AvgIpc) is 2.38. The van der Waals surface area contributed by atoms with Gasteiger partial charge in [0.2, 0.25) is 0 Å². The quantitative estimate of drug-likeness (QED) is 0.757. The van der Waals surface area contributed by atoms with Gasteiger partial charge >= 0.3 is 6.03 Å². The van der Waals surface area contributed by atoms with E-state index in [9.17, 15) is 4.79 Å². The molecule has 0 saturated heterocycles. The Morgan fingerprint density at radius 3 is 2.23 bits per heavy atom. The van der Waals surface area contributed by atoms with E-state index < -0.39 is 5.54 Å². The molecule has 1 rings (SSSR count). The highest BCUT2D eigenvalue weighted by Gasteiger charge is 2.26. The largest absolute Gasteiger partial charge is 0.396 e. The van der Waals surface area contributed by atoms with Gasteiger partial charge in [0.25, 0.3) is 0 Å². The maximum absolute atomic E-state index is 12.1. The maximum atomic E-state index is 12.1. The lowest BCUT2D eigenvalue weighted by Gasteiger charge is -2.29. The number of carbonyl (C=O) groups is 1. The van der Waals surface area contributed by atoms with Crippen LogP contribution in [-0.2, 0) is 10.2 Å². The van der Waals surface area contributed by atoms with Crippen molar-refractivity contribution in [3.8, 4) is 0 Å². The van der Waals surface area contributed by atoms with Gasteiger partial charge in [-0.2, -0.15) is 0 Å². The van der Waals surface area contributed by atoms with E-state index in [4.69, 9.17) is 9.84 Å². The minimum Gasteiger partial charge on any atom is -0.396 e. The van der Waals surface area contributed by atoms with E-state index in [1.807, 2.05) is 31.2 Å². The molecule has 1 atom stereocenters. The molecule has 1 aromatic rings. The summed E-state index contributed by atoms with van der Waals surface area (Å²) in [4.78, 5) is 12.1. The fraction of sp³-hybridized carbons (Fsp3) is 0.588. The molecule has 0 bridgehead atoms. The second kappa shape index (κ2) is 7.61. The zero-order chi connectivity index (χ0) is 16.8. The predicted molar refractivity (Wildman–Crippen MR) is 89.3 cm³/mol. The third-order valence-corrected chi connectivity index (χ3v) is 3.55. The number of methoxy groups -OCH3 is 1. The van der Waals surface area contributed by atoms with Crippen molar-refractivity contribution in [1.82, 2.24) is 5.32 Å². The second-order valence-electron chi connectivity index (χ2n) is 6.87. The summed E-state index contributed by atoms with van der Waals surface area (Å²) >= 11 is 0. The molecule has 0 fully saturated rings. The zero-order valence-corrected chi connectivity index (χ0v) is 14.2. The monoisotopic (exact) mass is 308 g/mol. The summed E-state index contributed by atoms with van der Waals surface area (Å²) < 4.78 is 5.11. The van der Waals surface area contributed by atoms with Crippen molar-refractivity contribution in [1.29, 1.82) is 0 Å². The number of benzene rings is 1. The number of nitrogens with one attached hydrogen (secondary N) is 2. The van der Waals surface area contributed by atoms with E-state index in [0.29, 0.717) is 13.0 Å². The number of aliphatic hydroxyl groups excluding tert-OH is 1. The van der Waals surface area contributed by atoms with Gasteiger partial charge in [-0.15, -0.1) is 0 Å². The molecular weight excluding hydrogens is 280 g/mol. The number of rotatable bonds is 6. The Morgan fingerprint density at radius 1 is 1.18 bits per heavy atom. The van der Waals surface area contributed by atoms with Crippen molar-refractivity contribution >= 4 is 11.7 Å².